The number of hydrogen-bond donors (Lipinski definition) is 2. The van der Waals surface area contributed by atoms with Crippen molar-refractivity contribution in [1.82, 2.24) is 4.98 Å². The molecule has 3 N–H and O–H groups in total. The van der Waals surface area contributed by atoms with Gasteiger partial charge in [-0.1, -0.05) is 15.9 Å². The first-order valence-electron chi connectivity index (χ1n) is 5.11. The van der Waals surface area contributed by atoms with E-state index < -0.39 is 0 Å². The summed E-state index contributed by atoms with van der Waals surface area (Å²) in [6.45, 7) is 1.95. The Hall–Kier alpha value is -0.590. The van der Waals surface area contributed by atoms with E-state index in [1.807, 2.05) is 25.1 Å². The second-order valence-corrected chi connectivity index (χ2v) is 6.31. The molecule has 0 aliphatic rings. The van der Waals surface area contributed by atoms with Gasteiger partial charge in [0.2, 0.25) is 0 Å². The fourth-order valence-corrected chi connectivity index (χ4v) is 2.54. The van der Waals surface area contributed by atoms with Crippen LogP contribution in [0.1, 0.15) is 5.56 Å². The lowest BCUT2D eigenvalue weighted by Crippen LogP contribution is -2.00. The largest absolute Gasteiger partial charge is 0.397 e. The summed E-state index contributed by atoms with van der Waals surface area (Å²) in [5.74, 6) is 0.737. The van der Waals surface area contributed by atoms with Crippen LogP contribution in [0.2, 0.25) is 0 Å². The summed E-state index contributed by atoms with van der Waals surface area (Å²) in [6, 6.07) is 5.90. The number of nitrogens with two attached hydrogens (primary N) is 1. The predicted molar refractivity (Wildman–Crippen MR) is 86.2 cm³/mol. The lowest BCUT2D eigenvalue weighted by molar-refractivity contribution is 1.25. The number of rotatable bonds is 2. The van der Waals surface area contributed by atoms with Crippen LogP contribution in [0.25, 0.3) is 0 Å². The monoisotopic (exact) mass is 433 g/mol. The van der Waals surface area contributed by atoms with Gasteiger partial charge in [-0.15, -0.1) is 0 Å². The molecule has 1 aromatic carbocycles. The van der Waals surface area contributed by atoms with Gasteiger partial charge < -0.3 is 11.1 Å². The normalized spacial score (nSPS) is 10.4. The maximum atomic E-state index is 5.80. The summed E-state index contributed by atoms with van der Waals surface area (Å²) in [6.07, 6.45) is 1.65. The van der Waals surface area contributed by atoms with Crippen LogP contribution in [-0.2, 0) is 0 Å². The molecule has 0 aliphatic heterocycles. The molecule has 94 valence electrons. The van der Waals surface area contributed by atoms with Gasteiger partial charge in [0.1, 0.15) is 5.82 Å². The fraction of sp³-hybridized carbons (Fsp3) is 0.0833. The van der Waals surface area contributed by atoms with E-state index in [1.54, 1.807) is 6.20 Å². The molecule has 0 bridgehead atoms. The first kappa shape index (κ1) is 13.8. The standard InChI is InChI=1S/C12H10Br3N3/c1-6-9(16)5-17-12(11(6)15)18-10-4-7(13)2-3-8(10)14/h2-5H,16H2,1H3,(H,17,18). The molecule has 0 unspecified atom stereocenters. The summed E-state index contributed by atoms with van der Waals surface area (Å²) in [5.41, 5.74) is 8.37. The van der Waals surface area contributed by atoms with Gasteiger partial charge in [-0.3, -0.25) is 0 Å². The average molecular weight is 436 g/mol. The average Bonchev–Trinajstić information content (AvgIpc) is 2.34. The Morgan fingerprint density at radius 3 is 2.67 bits per heavy atom. The van der Waals surface area contributed by atoms with Crippen LogP contribution in [0.15, 0.2) is 37.8 Å². The third-order valence-electron chi connectivity index (χ3n) is 2.48. The number of nitrogens with zero attached hydrogens (tertiary/aromatic N) is 1. The van der Waals surface area contributed by atoms with Gasteiger partial charge in [0.25, 0.3) is 0 Å². The van der Waals surface area contributed by atoms with Crippen molar-refractivity contribution < 1.29 is 0 Å². The van der Waals surface area contributed by atoms with E-state index in [-0.39, 0.29) is 0 Å². The summed E-state index contributed by atoms with van der Waals surface area (Å²) >= 11 is 10.4. The zero-order valence-electron chi connectivity index (χ0n) is 9.47. The second-order valence-electron chi connectivity index (χ2n) is 3.75. The minimum atomic E-state index is 0.667. The van der Waals surface area contributed by atoms with Crippen LogP contribution in [-0.4, -0.2) is 4.98 Å². The van der Waals surface area contributed by atoms with Gasteiger partial charge in [0.15, 0.2) is 0 Å². The number of benzene rings is 1. The molecule has 6 heteroatoms. The van der Waals surface area contributed by atoms with Crippen LogP contribution < -0.4 is 11.1 Å². The first-order valence-corrected chi connectivity index (χ1v) is 7.49. The molecular formula is C12H10Br3N3. The van der Waals surface area contributed by atoms with E-state index in [1.165, 1.54) is 0 Å². The Bertz CT molecular complexity index is 599. The number of nitrogens with one attached hydrogen (secondary N) is 1. The van der Waals surface area contributed by atoms with E-state index >= 15 is 0 Å². The van der Waals surface area contributed by atoms with Gasteiger partial charge in [0, 0.05) is 8.95 Å². The Labute approximate surface area is 131 Å². The van der Waals surface area contributed by atoms with E-state index in [2.05, 4.69) is 58.1 Å². The van der Waals surface area contributed by atoms with Gasteiger partial charge >= 0.3 is 0 Å². The molecule has 0 saturated carbocycles. The highest BCUT2D eigenvalue weighted by atomic mass is 79.9. The number of pyridine rings is 1. The number of hydrogen-bond acceptors (Lipinski definition) is 3. The Balaban J connectivity index is 2.40. The molecule has 0 atom stereocenters. The number of nitrogen functional groups attached to an aromatic ring is 1. The molecule has 0 radical (unpaired) electrons. The van der Waals surface area contributed by atoms with Gasteiger partial charge in [-0.25, -0.2) is 4.98 Å². The Morgan fingerprint density at radius 2 is 1.94 bits per heavy atom. The highest BCUT2D eigenvalue weighted by Crippen LogP contribution is 2.33. The van der Waals surface area contributed by atoms with Gasteiger partial charge in [-0.2, -0.15) is 0 Å². The molecule has 3 nitrogen and oxygen atoms in total. The molecule has 0 amide bonds. The molecule has 0 saturated heterocycles. The number of aromatic nitrogens is 1. The van der Waals surface area contributed by atoms with Crippen molar-refractivity contribution in [3.63, 3.8) is 0 Å². The lowest BCUT2D eigenvalue weighted by Gasteiger charge is -2.12. The van der Waals surface area contributed by atoms with Crippen LogP contribution in [0.5, 0.6) is 0 Å². The molecule has 18 heavy (non-hydrogen) atoms. The third-order valence-corrected chi connectivity index (χ3v) is 4.64. The maximum Gasteiger partial charge on any atom is 0.145 e. The van der Waals surface area contributed by atoms with Crippen LogP contribution >= 0.6 is 47.8 Å². The number of halogens is 3. The van der Waals surface area contributed by atoms with Crippen molar-refractivity contribution in [2.24, 2.45) is 0 Å². The smallest absolute Gasteiger partial charge is 0.145 e. The van der Waals surface area contributed by atoms with Crippen molar-refractivity contribution in [2.75, 3.05) is 11.1 Å². The maximum absolute atomic E-state index is 5.80. The third kappa shape index (κ3) is 2.87. The lowest BCUT2D eigenvalue weighted by atomic mass is 10.2. The molecule has 0 spiro atoms. The fourth-order valence-electron chi connectivity index (χ4n) is 1.40. The predicted octanol–water partition coefficient (Wildman–Crippen LogP) is 5.00. The second kappa shape index (κ2) is 5.59. The summed E-state index contributed by atoms with van der Waals surface area (Å²) in [4.78, 5) is 4.29. The summed E-state index contributed by atoms with van der Waals surface area (Å²) in [5, 5.41) is 3.26. The Kier molecular flexibility index (Phi) is 4.29. The first-order chi connectivity index (χ1) is 8.49. The minimum Gasteiger partial charge on any atom is -0.397 e. The highest BCUT2D eigenvalue weighted by Gasteiger charge is 2.09. The topological polar surface area (TPSA) is 50.9 Å². The summed E-state index contributed by atoms with van der Waals surface area (Å²) < 4.78 is 2.83. The quantitative estimate of drug-likeness (QED) is 0.697. The number of anilines is 3. The van der Waals surface area contributed by atoms with Crippen LogP contribution in [0.3, 0.4) is 0 Å². The van der Waals surface area contributed by atoms with Crippen LogP contribution in [0.4, 0.5) is 17.2 Å². The van der Waals surface area contributed by atoms with Crippen molar-refractivity contribution in [1.29, 1.82) is 0 Å². The van der Waals surface area contributed by atoms with Gasteiger partial charge in [-0.05, 0) is 62.5 Å². The highest BCUT2D eigenvalue weighted by molar-refractivity contribution is 9.11. The molecule has 2 aromatic rings. The Morgan fingerprint density at radius 1 is 1.22 bits per heavy atom. The van der Waals surface area contributed by atoms with Crippen molar-refractivity contribution >= 4 is 65.0 Å². The molecule has 1 aromatic heterocycles. The minimum absolute atomic E-state index is 0.667. The van der Waals surface area contributed by atoms with E-state index in [0.29, 0.717) is 5.69 Å². The van der Waals surface area contributed by atoms with Crippen molar-refractivity contribution in [2.45, 2.75) is 6.92 Å². The van der Waals surface area contributed by atoms with Gasteiger partial charge in [0.05, 0.1) is 22.0 Å². The SMILES string of the molecule is Cc1c(N)cnc(Nc2cc(Br)ccc2Br)c1Br. The van der Waals surface area contributed by atoms with E-state index in [4.69, 9.17) is 5.73 Å². The van der Waals surface area contributed by atoms with Crippen molar-refractivity contribution in [3.05, 3.63) is 43.4 Å². The molecule has 0 aliphatic carbocycles. The summed E-state index contributed by atoms with van der Waals surface area (Å²) in [7, 11) is 0. The zero-order valence-corrected chi connectivity index (χ0v) is 14.2. The molecule has 0 fully saturated rings. The van der Waals surface area contributed by atoms with Crippen molar-refractivity contribution in [3.8, 4) is 0 Å². The molecular weight excluding hydrogens is 426 g/mol. The molecule has 2 rings (SSSR count). The zero-order chi connectivity index (χ0) is 13.3. The van der Waals surface area contributed by atoms with E-state index in [9.17, 15) is 0 Å². The van der Waals surface area contributed by atoms with Crippen LogP contribution in [0, 0.1) is 6.92 Å². The van der Waals surface area contributed by atoms with E-state index in [0.717, 1.165) is 30.5 Å². The molecule has 1 heterocycles.